The molecule has 0 atom stereocenters. The molecule has 0 spiro atoms. The Morgan fingerprint density at radius 2 is 1.80 bits per heavy atom. The summed E-state index contributed by atoms with van der Waals surface area (Å²) in [6.07, 6.45) is 3.29. The molecule has 5 nitrogen and oxygen atoms in total. The Kier molecular flexibility index (Phi) is 6.75. The van der Waals surface area contributed by atoms with Crippen LogP contribution in [-0.2, 0) is 4.79 Å². The zero-order chi connectivity index (χ0) is 21.7. The summed E-state index contributed by atoms with van der Waals surface area (Å²) in [6, 6.07) is 12.0. The molecule has 6 heteroatoms. The third-order valence-electron chi connectivity index (χ3n) is 4.59. The summed E-state index contributed by atoms with van der Waals surface area (Å²) in [5, 5.41) is 1.03. The van der Waals surface area contributed by atoms with E-state index in [1.807, 2.05) is 0 Å². The number of halogens is 1. The van der Waals surface area contributed by atoms with Gasteiger partial charge in [-0.2, -0.15) is 0 Å². The van der Waals surface area contributed by atoms with Crippen LogP contribution < -0.4 is 10.2 Å². The normalized spacial score (nSPS) is 10.6. The summed E-state index contributed by atoms with van der Waals surface area (Å²) < 4.78 is 11.5. The summed E-state index contributed by atoms with van der Waals surface area (Å²) in [5.74, 6) is 0.742. The molecular formula is C24H22ClNO4. The minimum Gasteiger partial charge on any atom is -0.484 e. The lowest BCUT2D eigenvalue weighted by Crippen LogP contribution is -2.35. The SMILES string of the molecule is C=CCN(CC=C)C(=O)COc1ccc2c(=O)c(-c3ccc(Cl)cc3)c(C)oc2c1. The highest BCUT2D eigenvalue weighted by Crippen LogP contribution is 2.27. The van der Waals surface area contributed by atoms with E-state index in [1.165, 1.54) is 0 Å². The van der Waals surface area contributed by atoms with E-state index >= 15 is 0 Å². The number of hydrogen-bond donors (Lipinski definition) is 0. The maximum Gasteiger partial charge on any atom is 0.261 e. The molecule has 1 heterocycles. The third kappa shape index (κ3) is 4.63. The average Bonchev–Trinajstić information content (AvgIpc) is 2.73. The predicted molar refractivity (Wildman–Crippen MR) is 120 cm³/mol. The van der Waals surface area contributed by atoms with E-state index < -0.39 is 0 Å². The molecule has 0 aliphatic rings. The second-order valence-corrected chi connectivity index (χ2v) is 7.13. The van der Waals surface area contributed by atoms with Gasteiger partial charge in [0.2, 0.25) is 5.43 Å². The third-order valence-corrected chi connectivity index (χ3v) is 4.84. The summed E-state index contributed by atoms with van der Waals surface area (Å²) in [6.45, 7) is 9.72. The van der Waals surface area contributed by atoms with Crippen LogP contribution in [0, 0.1) is 6.92 Å². The van der Waals surface area contributed by atoms with Crippen LogP contribution in [0.1, 0.15) is 5.76 Å². The molecule has 3 rings (SSSR count). The molecule has 0 fully saturated rings. The van der Waals surface area contributed by atoms with Gasteiger partial charge in [-0.05, 0) is 36.8 Å². The van der Waals surface area contributed by atoms with Crippen LogP contribution in [-0.4, -0.2) is 30.5 Å². The zero-order valence-electron chi connectivity index (χ0n) is 16.7. The largest absolute Gasteiger partial charge is 0.484 e. The first kappa shape index (κ1) is 21.4. The number of amides is 1. The Balaban J connectivity index is 1.86. The summed E-state index contributed by atoms with van der Waals surface area (Å²) >= 11 is 5.95. The van der Waals surface area contributed by atoms with Crippen LogP contribution in [0.25, 0.3) is 22.1 Å². The van der Waals surface area contributed by atoms with E-state index in [0.29, 0.717) is 46.2 Å². The first-order valence-electron chi connectivity index (χ1n) is 9.40. The van der Waals surface area contributed by atoms with E-state index in [-0.39, 0.29) is 17.9 Å². The Hall–Kier alpha value is -3.31. The fourth-order valence-electron chi connectivity index (χ4n) is 3.15. The molecule has 0 bridgehead atoms. The van der Waals surface area contributed by atoms with Crippen molar-refractivity contribution in [3.8, 4) is 16.9 Å². The van der Waals surface area contributed by atoms with Crippen LogP contribution >= 0.6 is 11.6 Å². The van der Waals surface area contributed by atoms with Gasteiger partial charge >= 0.3 is 0 Å². The van der Waals surface area contributed by atoms with Crippen molar-refractivity contribution < 1.29 is 13.9 Å². The lowest BCUT2D eigenvalue weighted by atomic mass is 10.0. The molecule has 1 amide bonds. The maximum absolute atomic E-state index is 13.0. The maximum atomic E-state index is 13.0. The first-order valence-corrected chi connectivity index (χ1v) is 9.78. The fraction of sp³-hybridized carbons (Fsp3) is 0.167. The molecular weight excluding hydrogens is 402 g/mol. The molecule has 30 heavy (non-hydrogen) atoms. The number of hydrogen-bond acceptors (Lipinski definition) is 4. The molecule has 0 saturated carbocycles. The Labute approximate surface area is 179 Å². The van der Waals surface area contributed by atoms with Crippen molar-refractivity contribution in [2.45, 2.75) is 6.92 Å². The van der Waals surface area contributed by atoms with Gasteiger partial charge in [0.25, 0.3) is 5.91 Å². The minimum atomic E-state index is -0.189. The molecule has 1 aromatic heterocycles. The Morgan fingerprint density at radius 1 is 1.13 bits per heavy atom. The standard InChI is InChI=1S/C24H22ClNO4/c1-4-12-26(13-5-2)22(27)15-29-19-10-11-20-21(14-19)30-16(3)23(24(20)28)17-6-8-18(25)9-7-17/h4-11,14H,1-2,12-13,15H2,3H3. The molecule has 0 saturated heterocycles. The second-order valence-electron chi connectivity index (χ2n) is 6.69. The number of aryl methyl sites for hydroxylation is 1. The lowest BCUT2D eigenvalue weighted by molar-refractivity contribution is -0.132. The Morgan fingerprint density at radius 3 is 2.43 bits per heavy atom. The quantitative estimate of drug-likeness (QED) is 0.478. The number of carbonyl (C=O) groups excluding carboxylic acids is 1. The van der Waals surface area contributed by atoms with E-state index in [9.17, 15) is 9.59 Å². The van der Waals surface area contributed by atoms with Crippen molar-refractivity contribution in [3.63, 3.8) is 0 Å². The zero-order valence-corrected chi connectivity index (χ0v) is 17.4. The molecule has 0 aliphatic carbocycles. The summed E-state index contributed by atoms with van der Waals surface area (Å²) in [5.41, 5.74) is 1.49. The molecule has 0 N–H and O–H groups in total. The number of fused-ring (bicyclic) bond motifs is 1. The van der Waals surface area contributed by atoms with Gasteiger partial charge in [-0.25, -0.2) is 0 Å². The van der Waals surface area contributed by atoms with Gasteiger partial charge in [0.05, 0.1) is 10.9 Å². The average molecular weight is 424 g/mol. The number of benzene rings is 2. The summed E-state index contributed by atoms with van der Waals surface area (Å²) in [4.78, 5) is 26.9. The van der Waals surface area contributed by atoms with Crippen LogP contribution in [0.2, 0.25) is 5.02 Å². The van der Waals surface area contributed by atoms with Crippen molar-refractivity contribution in [1.82, 2.24) is 4.90 Å². The van der Waals surface area contributed by atoms with Crippen LogP contribution in [0.5, 0.6) is 5.75 Å². The molecule has 2 aromatic carbocycles. The van der Waals surface area contributed by atoms with Crippen molar-refractivity contribution in [1.29, 1.82) is 0 Å². The van der Waals surface area contributed by atoms with E-state index in [0.717, 1.165) is 5.56 Å². The van der Waals surface area contributed by atoms with Crippen LogP contribution in [0.15, 0.2) is 77.0 Å². The lowest BCUT2D eigenvalue weighted by Gasteiger charge is -2.19. The van der Waals surface area contributed by atoms with E-state index in [2.05, 4.69) is 13.2 Å². The van der Waals surface area contributed by atoms with Gasteiger partial charge in [0, 0.05) is 24.2 Å². The number of carbonyl (C=O) groups is 1. The van der Waals surface area contributed by atoms with Crippen molar-refractivity contribution in [2.75, 3.05) is 19.7 Å². The Bertz CT molecular complexity index is 1140. The first-order chi connectivity index (χ1) is 14.4. The van der Waals surface area contributed by atoms with E-state index in [4.69, 9.17) is 20.8 Å². The van der Waals surface area contributed by atoms with Crippen LogP contribution in [0.4, 0.5) is 0 Å². The summed E-state index contributed by atoms with van der Waals surface area (Å²) in [7, 11) is 0. The minimum absolute atomic E-state index is 0.137. The van der Waals surface area contributed by atoms with Gasteiger partial charge in [0.1, 0.15) is 17.1 Å². The van der Waals surface area contributed by atoms with Crippen molar-refractivity contribution >= 4 is 28.5 Å². The predicted octanol–water partition coefficient (Wildman–Crippen LogP) is 5.00. The monoisotopic (exact) mass is 423 g/mol. The van der Waals surface area contributed by atoms with Gasteiger partial charge in [-0.1, -0.05) is 35.9 Å². The topological polar surface area (TPSA) is 59.8 Å². The van der Waals surface area contributed by atoms with Gasteiger partial charge in [-0.15, -0.1) is 13.2 Å². The fourth-order valence-corrected chi connectivity index (χ4v) is 3.28. The molecule has 0 unspecified atom stereocenters. The molecule has 3 aromatic rings. The highest BCUT2D eigenvalue weighted by Gasteiger charge is 2.15. The van der Waals surface area contributed by atoms with Crippen LogP contribution in [0.3, 0.4) is 0 Å². The van der Waals surface area contributed by atoms with Crippen molar-refractivity contribution in [2.24, 2.45) is 0 Å². The van der Waals surface area contributed by atoms with Gasteiger partial charge < -0.3 is 14.1 Å². The van der Waals surface area contributed by atoms with Gasteiger partial charge in [-0.3, -0.25) is 9.59 Å². The highest BCUT2D eigenvalue weighted by atomic mass is 35.5. The second kappa shape index (κ2) is 9.46. The van der Waals surface area contributed by atoms with E-state index in [1.54, 1.807) is 66.4 Å². The van der Waals surface area contributed by atoms with Crippen molar-refractivity contribution in [3.05, 3.63) is 88.8 Å². The number of nitrogens with zero attached hydrogens (tertiary/aromatic N) is 1. The van der Waals surface area contributed by atoms with Gasteiger partial charge in [0.15, 0.2) is 6.61 Å². The number of rotatable bonds is 8. The molecule has 0 aliphatic heterocycles. The molecule has 154 valence electrons. The molecule has 0 radical (unpaired) electrons. The smallest absolute Gasteiger partial charge is 0.261 e. The highest BCUT2D eigenvalue weighted by molar-refractivity contribution is 6.30. The number of ether oxygens (including phenoxy) is 1.